The van der Waals surface area contributed by atoms with E-state index in [0.29, 0.717) is 22.9 Å². The molecule has 23 heavy (non-hydrogen) atoms. The number of para-hydroxylation sites is 2. The van der Waals surface area contributed by atoms with E-state index in [4.69, 9.17) is 16.0 Å². The molecule has 1 aromatic heterocycles. The number of carbonyl (C=O) groups is 1. The summed E-state index contributed by atoms with van der Waals surface area (Å²) in [5, 5.41) is 1.39. The van der Waals surface area contributed by atoms with Gasteiger partial charge in [0.15, 0.2) is 11.3 Å². The Bertz CT molecular complexity index is 882. The third-order valence-corrected chi connectivity index (χ3v) is 4.38. The molecule has 1 heterocycles. The standard InChI is InChI=1S/C19H18ClNO2/c1-4-21(16-11-6-5-8-12(16)2)19(22)17-13(3)14-9-7-10-15(20)18(14)23-17/h5-11H,4H2,1-3H3. The number of amides is 1. The van der Waals surface area contributed by atoms with Gasteiger partial charge in [0.2, 0.25) is 0 Å². The highest BCUT2D eigenvalue weighted by atomic mass is 35.5. The summed E-state index contributed by atoms with van der Waals surface area (Å²) >= 11 is 6.18. The second-order valence-electron chi connectivity index (χ2n) is 5.51. The van der Waals surface area contributed by atoms with Gasteiger partial charge in [-0.25, -0.2) is 0 Å². The lowest BCUT2D eigenvalue weighted by Gasteiger charge is -2.22. The lowest BCUT2D eigenvalue weighted by atomic mass is 10.1. The molecule has 4 heteroatoms. The van der Waals surface area contributed by atoms with Crippen molar-refractivity contribution < 1.29 is 9.21 Å². The smallest absolute Gasteiger partial charge is 0.294 e. The minimum Gasteiger partial charge on any atom is -0.449 e. The Morgan fingerprint density at radius 1 is 1.13 bits per heavy atom. The van der Waals surface area contributed by atoms with Crippen molar-refractivity contribution in [2.75, 3.05) is 11.4 Å². The van der Waals surface area contributed by atoms with Crippen molar-refractivity contribution in [3.63, 3.8) is 0 Å². The van der Waals surface area contributed by atoms with E-state index in [1.54, 1.807) is 11.0 Å². The molecule has 0 aliphatic carbocycles. The van der Waals surface area contributed by atoms with Crippen molar-refractivity contribution in [1.29, 1.82) is 0 Å². The molecule has 3 aromatic rings. The summed E-state index contributed by atoms with van der Waals surface area (Å²) in [7, 11) is 0. The zero-order valence-electron chi connectivity index (χ0n) is 13.4. The second kappa shape index (κ2) is 6.09. The number of furan rings is 1. The molecule has 0 unspecified atom stereocenters. The van der Waals surface area contributed by atoms with E-state index in [-0.39, 0.29) is 5.91 Å². The molecule has 3 nitrogen and oxygen atoms in total. The summed E-state index contributed by atoms with van der Waals surface area (Å²) in [5.41, 5.74) is 3.33. The zero-order valence-corrected chi connectivity index (χ0v) is 14.1. The largest absolute Gasteiger partial charge is 0.449 e. The fourth-order valence-corrected chi connectivity index (χ4v) is 3.04. The molecular weight excluding hydrogens is 310 g/mol. The van der Waals surface area contributed by atoms with Crippen LogP contribution >= 0.6 is 11.6 Å². The number of carbonyl (C=O) groups excluding carboxylic acids is 1. The molecule has 2 aromatic carbocycles. The van der Waals surface area contributed by atoms with E-state index in [2.05, 4.69) is 0 Å². The maximum Gasteiger partial charge on any atom is 0.294 e. The first-order chi connectivity index (χ1) is 11.0. The van der Waals surface area contributed by atoms with Crippen LogP contribution < -0.4 is 4.90 Å². The monoisotopic (exact) mass is 327 g/mol. The van der Waals surface area contributed by atoms with E-state index in [1.807, 2.05) is 57.2 Å². The first kappa shape index (κ1) is 15.6. The van der Waals surface area contributed by atoms with E-state index in [9.17, 15) is 4.79 Å². The zero-order chi connectivity index (χ0) is 16.6. The number of nitrogens with zero attached hydrogens (tertiary/aromatic N) is 1. The Balaban J connectivity index is 2.11. The molecule has 0 N–H and O–H groups in total. The van der Waals surface area contributed by atoms with Crippen LogP contribution in [-0.4, -0.2) is 12.5 Å². The minimum atomic E-state index is -0.147. The van der Waals surface area contributed by atoms with Gasteiger partial charge >= 0.3 is 0 Å². The van der Waals surface area contributed by atoms with E-state index >= 15 is 0 Å². The van der Waals surface area contributed by atoms with Gasteiger partial charge in [-0.1, -0.05) is 41.9 Å². The van der Waals surface area contributed by atoms with Crippen LogP contribution in [-0.2, 0) is 0 Å². The normalized spacial score (nSPS) is 11.0. The van der Waals surface area contributed by atoms with Crippen LogP contribution in [0.25, 0.3) is 11.0 Å². The molecule has 0 fully saturated rings. The number of hydrogen-bond donors (Lipinski definition) is 0. The fraction of sp³-hybridized carbons (Fsp3) is 0.211. The number of hydrogen-bond acceptors (Lipinski definition) is 2. The summed E-state index contributed by atoms with van der Waals surface area (Å²) in [5.74, 6) is 0.199. The Kier molecular flexibility index (Phi) is 4.14. The SMILES string of the molecule is CCN(C(=O)c1oc2c(Cl)cccc2c1C)c1ccccc1C. The molecule has 0 saturated heterocycles. The molecule has 0 aliphatic heterocycles. The Hall–Kier alpha value is -2.26. The van der Waals surface area contributed by atoms with Gasteiger partial charge in [-0.05, 0) is 38.5 Å². The molecule has 0 spiro atoms. The van der Waals surface area contributed by atoms with E-state index < -0.39 is 0 Å². The first-order valence-corrected chi connectivity index (χ1v) is 7.97. The average Bonchev–Trinajstić information content (AvgIpc) is 2.88. The molecule has 0 atom stereocenters. The van der Waals surface area contributed by atoms with Crippen LogP contribution in [0.3, 0.4) is 0 Å². The third-order valence-electron chi connectivity index (χ3n) is 4.08. The maximum atomic E-state index is 13.0. The van der Waals surface area contributed by atoms with Gasteiger partial charge in [-0.15, -0.1) is 0 Å². The quantitative estimate of drug-likeness (QED) is 0.648. The summed E-state index contributed by atoms with van der Waals surface area (Å²) < 4.78 is 5.81. The second-order valence-corrected chi connectivity index (χ2v) is 5.92. The summed E-state index contributed by atoms with van der Waals surface area (Å²) in [6, 6.07) is 13.4. The summed E-state index contributed by atoms with van der Waals surface area (Å²) in [4.78, 5) is 14.7. The summed E-state index contributed by atoms with van der Waals surface area (Å²) in [6.07, 6.45) is 0. The highest BCUT2D eigenvalue weighted by Crippen LogP contribution is 2.32. The van der Waals surface area contributed by atoms with Gasteiger partial charge in [-0.3, -0.25) is 4.79 Å². The lowest BCUT2D eigenvalue weighted by Crippen LogP contribution is -2.31. The number of benzene rings is 2. The van der Waals surface area contributed by atoms with Gasteiger partial charge in [0.1, 0.15) is 0 Å². The number of rotatable bonds is 3. The highest BCUT2D eigenvalue weighted by molar-refractivity contribution is 6.35. The Labute approximate surface area is 140 Å². The number of fused-ring (bicyclic) bond motifs is 1. The fourth-order valence-electron chi connectivity index (χ4n) is 2.83. The molecule has 0 radical (unpaired) electrons. The molecule has 118 valence electrons. The van der Waals surface area contributed by atoms with Crippen molar-refractivity contribution >= 4 is 34.2 Å². The topological polar surface area (TPSA) is 33.5 Å². The molecule has 0 bridgehead atoms. The first-order valence-electron chi connectivity index (χ1n) is 7.59. The van der Waals surface area contributed by atoms with Crippen molar-refractivity contribution in [2.24, 2.45) is 0 Å². The van der Waals surface area contributed by atoms with Crippen LogP contribution in [0.2, 0.25) is 5.02 Å². The number of anilines is 1. The number of aryl methyl sites for hydroxylation is 2. The van der Waals surface area contributed by atoms with Gasteiger partial charge in [0.25, 0.3) is 5.91 Å². The van der Waals surface area contributed by atoms with Gasteiger partial charge < -0.3 is 9.32 Å². The van der Waals surface area contributed by atoms with Crippen molar-refractivity contribution in [2.45, 2.75) is 20.8 Å². The predicted octanol–water partition coefficient (Wildman–Crippen LogP) is 5.37. The van der Waals surface area contributed by atoms with Crippen molar-refractivity contribution in [3.8, 4) is 0 Å². The third kappa shape index (κ3) is 2.62. The maximum absolute atomic E-state index is 13.0. The summed E-state index contributed by atoms with van der Waals surface area (Å²) in [6.45, 7) is 6.40. The van der Waals surface area contributed by atoms with Gasteiger partial charge in [0, 0.05) is 23.2 Å². The van der Waals surface area contributed by atoms with E-state index in [0.717, 1.165) is 22.2 Å². The van der Waals surface area contributed by atoms with Gasteiger partial charge in [0.05, 0.1) is 5.02 Å². The molecule has 1 amide bonds. The van der Waals surface area contributed by atoms with Crippen LogP contribution in [0.5, 0.6) is 0 Å². The van der Waals surface area contributed by atoms with Crippen LogP contribution in [0, 0.1) is 13.8 Å². The van der Waals surface area contributed by atoms with Crippen LogP contribution in [0.15, 0.2) is 46.9 Å². The van der Waals surface area contributed by atoms with Gasteiger partial charge in [-0.2, -0.15) is 0 Å². The lowest BCUT2D eigenvalue weighted by molar-refractivity contribution is 0.0963. The van der Waals surface area contributed by atoms with Crippen LogP contribution in [0.1, 0.15) is 28.6 Å². The molecule has 3 rings (SSSR count). The Morgan fingerprint density at radius 2 is 1.87 bits per heavy atom. The Morgan fingerprint density at radius 3 is 2.52 bits per heavy atom. The van der Waals surface area contributed by atoms with Crippen LogP contribution in [0.4, 0.5) is 5.69 Å². The van der Waals surface area contributed by atoms with Crippen molar-refractivity contribution in [1.82, 2.24) is 0 Å². The molecule has 0 aliphatic rings. The average molecular weight is 328 g/mol. The molecule has 0 saturated carbocycles. The number of halogens is 1. The van der Waals surface area contributed by atoms with Crippen molar-refractivity contribution in [3.05, 3.63) is 64.4 Å². The minimum absolute atomic E-state index is 0.147. The highest BCUT2D eigenvalue weighted by Gasteiger charge is 2.24. The predicted molar refractivity (Wildman–Crippen MR) is 94.5 cm³/mol. The molecular formula is C19H18ClNO2. The van der Waals surface area contributed by atoms with E-state index in [1.165, 1.54) is 0 Å².